The van der Waals surface area contributed by atoms with E-state index >= 15 is 0 Å². The van der Waals surface area contributed by atoms with E-state index in [2.05, 4.69) is 0 Å². The third-order valence-corrected chi connectivity index (χ3v) is 7.94. The fourth-order valence-corrected chi connectivity index (χ4v) is 5.86. The van der Waals surface area contributed by atoms with E-state index in [9.17, 15) is 22.0 Å². The van der Waals surface area contributed by atoms with Gasteiger partial charge in [0.05, 0.1) is 16.4 Å². The Balaban J connectivity index is 1.57. The average molecular weight is 405 g/mol. The van der Waals surface area contributed by atoms with E-state index in [1.165, 1.54) is 30.3 Å². The molecule has 0 N–H and O–H groups in total. The number of carbonyl (C=O) groups excluding carboxylic acids is 1. The quantitative estimate of drug-likeness (QED) is 0.787. The maximum Gasteiger partial charge on any atom is 0.233 e. The first-order chi connectivity index (χ1) is 13.3. The Hall–Kier alpha value is -2.28. The molecule has 1 unspecified atom stereocenters. The van der Waals surface area contributed by atoms with E-state index in [1.54, 1.807) is 23.1 Å². The molecule has 1 heterocycles. The minimum absolute atomic E-state index is 0.0923. The molecule has 2 aliphatic rings. The van der Waals surface area contributed by atoms with E-state index in [0.29, 0.717) is 12.8 Å². The zero-order valence-corrected chi connectivity index (χ0v) is 16.1. The Kier molecular flexibility index (Phi) is 4.73. The van der Waals surface area contributed by atoms with Gasteiger partial charge in [-0.15, -0.1) is 0 Å². The SMILES string of the molecule is O=C(N1CCC(c2ccccc2F)S(=O)(=O)CC1)C1(c2ccc(F)cc2)CC1. The van der Waals surface area contributed by atoms with Gasteiger partial charge in [0.15, 0.2) is 9.84 Å². The summed E-state index contributed by atoms with van der Waals surface area (Å²) < 4.78 is 52.9. The standard InChI is InChI=1S/C21H21F2NO3S/c22-16-7-5-15(6-8-16)21(10-11-21)20(25)24-12-9-19(28(26,27)14-13-24)17-3-1-2-4-18(17)23/h1-8,19H,9-14H2. The van der Waals surface area contributed by atoms with Crippen LogP contribution >= 0.6 is 0 Å². The first-order valence-electron chi connectivity index (χ1n) is 9.35. The largest absolute Gasteiger partial charge is 0.341 e. The Morgan fingerprint density at radius 3 is 2.32 bits per heavy atom. The second kappa shape index (κ2) is 6.95. The topological polar surface area (TPSA) is 54.5 Å². The van der Waals surface area contributed by atoms with Crippen molar-refractivity contribution in [3.63, 3.8) is 0 Å². The summed E-state index contributed by atoms with van der Waals surface area (Å²) in [6.45, 7) is 0.342. The second-order valence-corrected chi connectivity index (χ2v) is 9.85. The third-order valence-electron chi connectivity index (χ3n) is 5.84. The van der Waals surface area contributed by atoms with Crippen molar-refractivity contribution < 1.29 is 22.0 Å². The minimum Gasteiger partial charge on any atom is -0.341 e. The molecule has 4 nitrogen and oxygen atoms in total. The molecule has 4 rings (SSSR count). The molecule has 1 aliphatic heterocycles. The summed E-state index contributed by atoms with van der Waals surface area (Å²) >= 11 is 0. The van der Waals surface area contributed by atoms with E-state index < -0.39 is 26.3 Å². The van der Waals surface area contributed by atoms with Crippen molar-refractivity contribution in [2.45, 2.75) is 29.9 Å². The van der Waals surface area contributed by atoms with Gasteiger partial charge in [0.25, 0.3) is 0 Å². The van der Waals surface area contributed by atoms with Crippen LogP contribution in [0.5, 0.6) is 0 Å². The molecule has 0 aromatic heterocycles. The first-order valence-corrected chi connectivity index (χ1v) is 11.1. The van der Waals surface area contributed by atoms with Crippen LogP contribution in [0.2, 0.25) is 0 Å². The third kappa shape index (κ3) is 3.32. The summed E-state index contributed by atoms with van der Waals surface area (Å²) in [5.41, 5.74) is 0.239. The highest BCUT2D eigenvalue weighted by molar-refractivity contribution is 7.91. The van der Waals surface area contributed by atoms with Gasteiger partial charge in [-0.05, 0) is 43.0 Å². The van der Waals surface area contributed by atoms with Gasteiger partial charge < -0.3 is 4.90 Å². The van der Waals surface area contributed by atoms with Crippen LogP contribution in [0.3, 0.4) is 0 Å². The second-order valence-electron chi connectivity index (χ2n) is 7.55. The van der Waals surface area contributed by atoms with Crippen LogP contribution in [0.1, 0.15) is 35.6 Å². The maximum absolute atomic E-state index is 14.2. The highest BCUT2D eigenvalue weighted by Crippen LogP contribution is 2.50. The van der Waals surface area contributed by atoms with Gasteiger partial charge in [-0.25, -0.2) is 17.2 Å². The van der Waals surface area contributed by atoms with Crippen molar-refractivity contribution in [1.82, 2.24) is 4.90 Å². The van der Waals surface area contributed by atoms with Crippen LogP contribution in [0.4, 0.5) is 8.78 Å². The molecule has 1 amide bonds. The number of sulfone groups is 1. The zero-order valence-electron chi connectivity index (χ0n) is 15.3. The van der Waals surface area contributed by atoms with Gasteiger partial charge in [0.1, 0.15) is 11.6 Å². The summed E-state index contributed by atoms with van der Waals surface area (Å²) in [4.78, 5) is 14.8. The van der Waals surface area contributed by atoms with Crippen molar-refractivity contribution in [2.75, 3.05) is 18.8 Å². The molecule has 2 fully saturated rings. The molecule has 2 aromatic carbocycles. The molecule has 1 saturated heterocycles. The van der Waals surface area contributed by atoms with Crippen molar-refractivity contribution in [3.8, 4) is 0 Å². The summed E-state index contributed by atoms with van der Waals surface area (Å²) in [5, 5.41) is -0.951. The van der Waals surface area contributed by atoms with Gasteiger partial charge in [0.2, 0.25) is 5.91 Å². The molecule has 1 aliphatic carbocycles. The van der Waals surface area contributed by atoms with E-state index in [-0.39, 0.29) is 42.6 Å². The lowest BCUT2D eigenvalue weighted by Crippen LogP contribution is -2.41. The highest BCUT2D eigenvalue weighted by atomic mass is 32.2. The Morgan fingerprint density at radius 1 is 1.00 bits per heavy atom. The number of benzene rings is 2. The summed E-state index contributed by atoms with van der Waals surface area (Å²) in [7, 11) is -3.58. The summed E-state index contributed by atoms with van der Waals surface area (Å²) in [6, 6.07) is 11.8. The molecule has 0 spiro atoms. The van der Waals surface area contributed by atoms with E-state index in [1.807, 2.05) is 0 Å². The number of rotatable bonds is 3. The molecular weight excluding hydrogens is 384 g/mol. The smallest absolute Gasteiger partial charge is 0.233 e. The number of hydrogen-bond donors (Lipinski definition) is 0. The molecule has 1 atom stereocenters. The fraction of sp³-hybridized carbons (Fsp3) is 0.381. The first kappa shape index (κ1) is 19.1. The molecule has 148 valence electrons. The number of halogens is 2. The van der Waals surface area contributed by atoms with Gasteiger partial charge in [-0.2, -0.15) is 0 Å². The minimum atomic E-state index is -3.58. The van der Waals surface area contributed by atoms with Gasteiger partial charge in [-0.1, -0.05) is 30.3 Å². The summed E-state index contributed by atoms with van der Waals surface area (Å²) in [5.74, 6) is -1.22. The van der Waals surface area contributed by atoms with Crippen LogP contribution in [0.25, 0.3) is 0 Å². The fourth-order valence-electron chi connectivity index (χ4n) is 4.06. The molecule has 7 heteroatoms. The van der Waals surface area contributed by atoms with Crippen LogP contribution in [-0.4, -0.2) is 38.1 Å². The van der Waals surface area contributed by atoms with Crippen LogP contribution in [0.15, 0.2) is 48.5 Å². The molecule has 28 heavy (non-hydrogen) atoms. The Labute approximate surface area is 163 Å². The summed E-state index contributed by atoms with van der Waals surface area (Å²) in [6.07, 6.45) is 1.49. The average Bonchev–Trinajstić information content (AvgIpc) is 3.48. The number of hydrogen-bond acceptors (Lipinski definition) is 3. The van der Waals surface area contributed by atoms with Gasteiger partial charge in [-0.3, -0.25) is 4.79 Å². The molecule has 0 radical (unpaired) electrons. The lowest BCUT2D eigenvalue weighted by atomic mass is 9.94. The predicted molar refractivity (Wildman–Crippen MR) is 101 cm³/mol. The number of amides is 1. The Bertz CT molecular complexity index is 1000. The lowest BCUT2D eigenvalue weighted by molar-refractivity contribution is -0.133. The van der Waals surface area contributed by atoms with Crippen LogP contribution < -0.4 is 0 Å². The molecule has 2 aromatic rings. The monoisotopic (exact) mass is 405 g/mol. The number of nitrogens with zero attached hydrogens (tertiary/aromatic N) is 1. The predicted octanol–water partition coefficient (Wildman–Crippen LogP) is 3.38. The lowest BCUT2D eigenvalue weighted by Gasteiger charge is -2.26. The van der Waals surface area contributed by atoms with Crippen molar-refractivity contribution in [1.29, 1.82) is 0 Å². The van der Waals surface area contributed by atoms with Crippen molar-refractivity contribution in [2.24, 2.45) is 0 Å². The molecule has 1 saturated carbocycles. The van der Waals surface area contributed by atoms with Gasteiger partial charge >= 0.3 is 0 Å². The van der Waals surface area contributed by atoms with Gasteiger partial charge in [0, 0.05) is 18.7 Å². The van der Waals surface area contributed by atoms with Crippen LogP contribution in [-0.2, 0) is 20.0 Å². The van der Waals surface area contributed by atoms with Crippen LogP contribution in [0, 0.1) is 11.6 Å². The highest BCUT2D eigenvalue weighted by Gasteiger charge is 2.53. The molecule has 0 bridgehead atoms. The maximum atomic E-state index is 14.2. The number of carbonyl (C=O) groups is 1. The Morgan fingerprint density at radius 2 is 1.68 bits per heavy atom. The van der Waals surface area contributed by atoms with E-state index in [4.69, 9.17) is 0 Å². The molecular formula is C21H21F2NO3S. The zero-order chi connectivity index (χ0) is 19.9. The van der Waals surface area contributed by atoms with E-state index in [0.717, 1.165) is 5.56 Å². The van der Waals surface area contributed by atoms with Crippen molar-refractivity contribution in [3.05, 3.63) is 71.3 Å². The normalized spacial score (nSPS) is 23.1. The van der Waals surface area contributed by atoms with Crippen molar-refractivity contribution >= 4 is 15.7 Å².